The Bertz CT molecular complexity index is 256. The standard InChI is InChI=1S/C8H9NO2/c1-6(8(10)11)4-5-7(2)9-3/h3-5H,1-2H3/p+1/b6-4+,7-5-. The summed E-state index contributed by atoms with van der Waals surface area (Å²) < 4.78 is 0. The molecule has 0 aliphatic rings. The van der Waals surface area contributed by atoms with Crippen LogP contribution in [0.1, 0.15) is 13.8 Å². The molecule has 0 aromatic carbocycles. The molecule has 11 heavy (non-hydrogen) atoms. The largest absolute Gasteiger partial charge is 0.478 e. The van der Waals surface area contributed by atoms with Crippen LogP contribution in [0.15, 0.2) is 23.4 Å². The van der Waals surface area contributed by atoms with Gasteiger partial charge in [0.2, 0.25) is 0 Å². The highest BCUT2D eigenvalue weighted by Gasteiger charge is 1.98. The SMILES string of the molecule is C#[N+]/C(C)=C\C=C(/C)C(=O)O. The summed E-state index contributed by atoms with van der Waals surface area (Å²) >= 11 is 0. The summed E-state index contributed by atoms with van der Waals surface area (Å²) in [7, 11) is 0. The van der Waals surface area contributed by atoms with Crippen molar-refractivity contribution in [1.82, 2.24) is 0 Å². The summed E-state index contributed by atoms with van der Waals surface area (Å²) in [5, 5.41) is 8.41. The van der Waals surface area contributed by atoms with Crippen LogP contribution < -0.4 is 0 Å². The van der Waals surface area contributed by atoms with Crippen molar-refractivity contribution in [3.63, 3.8) is 0 Å². The maximum absolute atomic E-state index is 10.2. The molecule has 0 aromatic heterocycles. The summed E-state index contributed by atoms with van der Waals surface area (Å²) in [5.41, 5.74) is 0.846. The van der Waals surface area contributed by atoms with Crippen LogP contribution in [0.5, 0.6) is 0 Å². The third kappa shape index (κ3) is 3.93. The number of aliphatic carboxylic acids is 1. The molecule has 0 aliphatic carbocycles. The summed E-state index contributed by atoms with van der Waals surface area (Å²) in [6.45, 7) is 8.10. The van der Waals surface area contributed by atoms with Crippen LogP contribution in [0.3, 0.4) is 0 Å². The van der Waals surface area contributed by atoms with Crippen LogP contribution in [0.25, 0.3) is 4.85 Å². The number of allylic oxidation sites excluding steroid dienone is 3. The fourth-order valence-corrected chi connectivity index (χ4v) is 0.360. The molecular formula is C8H10NO2+. The Kier molecular flexibility index (Phi) is 3.68. The van der Waals surface area contributed by atoms with Crippen molar-refractivity contribution in [2.75, 3.05) is 0 Å². The molecule has 0 unspecified atom stereocenters. The number of rotatable bonds is 2. The number of hydrogen-bond acceptors (Lipinski definition) is 1. The summed E-state index contributed by atoms with van der Waals surface area (Å²) in [6.07, 6.45) is 3.00. The summed E-state index contributed by atoms with van der Waals surface area (Å²) in [4.78, 5) is 13.6. The molecule has 0 spiro atoms. The van der Waals surface area contributed by atoms with Crippen LogP contribution in [-0.2, 0) is 4.79 Å². The lowest BCUT2D eigenvalue weighted by atomic mass is 10.2. The van der Waals surface area contributed by atoms with Crippen molar-refractivity contribution in [1.29, 1.82) is 0 Å². The summed E-state index contributed by atoms with van der Waals surface area (Å²) in [6, 6.07) is 0. The van der Waals surface area contributed by atoms with Gasteiger partial charge in [0, 0.05) is 18.6 Å². The van der Waals surface area contributed by atoms with Gasteiger partial charge in [-0.3, -0.25) is 0 Å². The summed E-state index contributed by atoms with van der Waals surface area (Å²) in [5.74, 6) is -0.939. The number of nitrogens with zero attached hydrogens (tertiary/aromatic N) is 1. The Morgan fingerprint density at radius 1 is 1.45 bits per heavy atom. The van der Waals surface area contributed by atoms with E-state index in [1.54, 1.807) is 13.0 Å². The van der Waals surface area contributed by atoms with Gasteiger partial charge in [0.15, 0.2) is 0 Å². The smallest absolute Gasteiger partial charge is 0.331 e. The zero-order valence-electron chi connectivity index (χ0n) is 6.53. The number of hydrogen-bond donors (Lipinski definition) is 1. The van der Waals surface area contributed by atoms with E-state index in [9.17, 15) is 4.79 Å². The second-order valence-electron chi connectivity index (χ2n) is 2.09. The average Bonchev–Trinajstić information content (AvgIpc) is 1.99. The Balaban J connectivity index is 4.38. The Morgan fingerprint density at radius 3 is 2.36 bits per heavy atom. The van der Waals surface area contributed by atoms with Gasteiger partial charge in [0.05, 0.1) is 0 Å². The predicted molar refractivity (Wildman–Crippen MR) is 43.5 cm³/mol. The molecule has 0 radical (unpaired) electrons. The highest BCUT2D eigenvalue weighted by atomic mass is 16.4. The number of carbonyl (C=O) groups is 1. The van der Waals surface area contributed by atoms with Gasteiger partial charge < -0.3 is 5.11 Å². The van der Waals surface area contributed by atoms with Gasteiger partial charge in [-0.15, -0.1) is 0 Å². The minimum absolute atomic E-state index is 0.257. The van der Waals surface area contributed by atoms with Crippen LogP contribution in [-0.4, -0.2) is 11.1 Å². The predicted octanol–water partition coefficient (Wildman–Crippen LogP) is 1.88. The molecule has 0 fully saturated rings. The number of carboxylic acids is 1. The van der Waals surface area contributed by atoms with Crippen molar-refractivity contribution in [3.05, 3.63) is 28.3 Å². The van der Waals surface area contributed by atoms with E-state index in [2.05, 4.69) is 4.85 Å². The maximum atomic E-state index is 10.2. The van der Waals surface area contributed by atoms with Crippen molar-refractivity contribution < 1.29 is 9.90 Å². The Labute approximate surface area is 65.5 Å². The minimum Gasteiger partial charge on any atom is -0.478 e. The van der Waals surface area contributed by atoms with E-state index in [0.717, 1.165) is 0 Å². The first-order valence-electron chi connectivity index (χ1n) is 3.07. The fourth-order valence-electron chi connectivity index (χ4n) is 0.360. The minimum atomic E-state index is -0.939. The third-order valence-corrected chi connectivity index (χ3v) is 1.12. The van der Waals surface area contributed by atoms with Crippen LogP contribution in [0, 0.1) is 6.57 Å². The molecule has 0 atom stereocenters. The molecule has 1 N–H and O–H groups in total. The van der Waals surface area contributed by atoms with Crippen molar-refractivity contribution in [2.24, 2.45) is 0 Å². The molecule has 0 rings (SSSR count). The van der Waals surface area contributed by atoms with Crippen molar-refractivity contribution >= 4 is 5.97 Å². The van der Waals surface area contributed by atoms with Gasteiger partial charge in [-0.05, 0) is 17.8 Å². The first-order chi connectivity index (χ1) is 5.07. The lowest BCUT2D eigenvalue weighted by molar-refractivity contribution is -0.132. The number of carboxylic acid groups (broad SMARTS) is 1. The molecule has 0 saturated carbocycles. The van der Waals surface area contributed by atoms with Gasteiger partial charge in [-0.1, -0.05) is 0 Å². The molecule has 3 heteroatoms. The highest BCUT2D eigenvalue weighted by molar-refractivity contribution is 5.86. The normalized spacial score (nSPS) is 12.5. The zero-order chi connectivity index (χ0) is 8.85. The van der Waals surface area contributed by atoms with Crippen LogP contribution in [0.2, 0.25) is 0 Å². The van der Waals surface area contributed by atoms with Crippen molar-refractivity contribution in [3.8, 4) is 6.57 Å². The molecule has 58 valence electrons. The van der Waals surface area contributed by atoms with E-state index in [1.165, 1.54) is 13.0 Å². The fraction of sp³-hybridized carbons (Fsp3) is 0.250. The first-order valence-corrected chi connectivity index (χ1v) is 3.07. The van der Waals surface area contributed by atoms with Crippen molar-refractivity contribution in [2.45, 2.75) is 13.8 Å². The molecule has 0 amide bonds. The highest BCUT2D eigenvalue weighted by Crippen LogP contribution is 1.97. The Hall–Kier alpha value is -1.56. The first kappa shape index (κ1) is 9.44. The second kappa shape index (κ2) is 4.29. The molecule has 3 nitrogen and oxygen atoms in total. The Morgan fingerprint density at radius 2 is 2.00 bits per heavy atom. The van der Waals surface area contributed by atoms with E-state index in [1.807, 2.05) is 0 Å². The van der Waals surface area contributed by atoms with E-state index in [0.29, 0.717) is 5.70 Å². The molecule has 0 saturated heterocycles. The lowest BCUT2D eigenvalue weighted by Gasteiger charge is -1.85. The molecule has 0 bridgehead atoms. The molecular weight excluding hydrogens is 142 g/mol. The van der Waals surface area contributed by atoms with Gasteiger partial charge >= 0.3 is 11.7 Å². The van der Waals surface area contributed by atoms with E-state index >= 15 is 0 Å². The third-order valence-electron chi connectivity index (χ3n) is 1.12. The maximum Gasteiger partial charge on any atom is 0.331 e. The second-order valence-corrected chi connectivity index (χ2v) is 2.09. The van der Waals surface area contributed by atoms with E-state index in [-0.39, 0.29) is 5.57 Å². The van der Waals surface area contributed by atoms with Crippen LogP contribution >= 0.6 is 0 Å². The molecule has 0 heterocycles. The lowest BCUT2D eigenvalue weighted by Crippen LogP contribution is -1.94. The average molecular weight is 152 g/mol. The van der Waals surface area contributed by atoms with Gasteiger partial charge in [-0.2, -0.15) is 0 Å². The topological polar surface area (TPSA) is 41.7 Å². The zero-order valence-corrected chi connectivity index (χ0v) is 6.53. The quantitative estimate of drug-likeness (QED) is 0.485. The van der Waals surface area contributed by atoms with Gasteiger partial charge in [0.25, 0.3) is 6.57 Å². The van der Waals surface area contributed by atoms with Gasteiger partial charge in [-0.25, -0.2) is 4.79 Å². The molecule has 0 aromatic rings. The van der Waals surface area contributed by atoms with Gasteiger partial charge in [0.1, 0.15) is 0 Å². The van der Waals surface area contributed by atoms with E-state index in [4.69, 9.17) is 11.7 Å². The van der Waals surface area contributed by atoms with E-state index < -0.39 is 5.97 Å². The molecule has 0 aliphatic heterocycles. The monoisotopic (exact) mass is 152 g/mol. The van der Waals surface area contributed by atoms with Crippen LogP contribution in [0.4, 0.5) is 0 Å².